The van der Waals surface area contributed by atoms with E-state index in [1.54, 1.807) is 29.2 Å². The van der Waals surface area contributed by atoms with Crippen molar-refractivity contribution >= 4 is 27.6 Å². The first-order valence-corrected chi connectivity index (χ1v) is 13.6. The highest BCUT2D eigenvalue weighted by Crippen LogP contribution is 2.39. The molecule has 0 saturated carbocycles. The molecular formula is C26H27F3N4O4S. The van der Waals surface area contributed by atoms with E-state index in [-0.39, 0.29) is 22.8 Å². The number of piperidine rings is 1. The Hall–Kier alpha value is -3.67. The molecule has 1 aliphatic heterocycles. The number of rotatable bonds is 8. The van der Waals surface area contributed by atoms with Gasteiger partial charge in [0.25, 0.3) is 10.0 Å². The molecule has 3 aromatic rings. The van der Waals surface area contributed by atoms with Crippen molar-refractivity contribution in [2.24, 2.45) is 5.92 Å². The Morgan fingerprint density at radius 1 is 1.16 bits per heavy atom. The lowest BCUT2D eigenvalue weighted by Gasteiger charge is -2.31. The van der Waals surface area contributed by atoms with E-state index in [1.165, 1.54) is 18.3 Å². The van der Waals surface area contributed by atoms with Crippen molar-refractivity contribution in [1.82, 2.24) is 9.97 Å². The summed E-state index contributed by atoms with van der Waals surface area (Å²) in [5, 5.41) is 9.34. The average molecular weight is 549 g/mol. The van der Waals surface area contributed by atoms with Gasteiger partial charge in [0.05, 0.1) is 16.4 Å². The van der Waals surface area contributed by atoms with Crippen LogP contribution in [-0.4, -0.2) is 42.6 Å². The summed E-state index contributed by atoms with van der Waals surface area (Å²) in [6.45, 7) is 2.64. The highest BCUT2D eigenvalue weighted by atomic mass is 32.2. The number of carboxylic acid groups (broad SMARTS) is 1. The number of halogens is 3. The Labute approximate surface area is 218 Å². The summed E-state index contributed by atoms with van der Waals surface area (Å²) >= 11 is 0. The van der Waals surface area contributed by atoms with Crippen LogP contribution in [-0.2, 0) is 27.4 Å². The van der Waals surface area contributed by atoms with Crippen LogP contribution in [0.15, 0.2) is 59.8 Å². The third-order valence-electron chi connectivity index (χ3n) is 6.40. The van der Waals surface area contributed by atoms with Gasteiger partial charge >= 0.3 is 12.1 Å². The molecule has 4 rings (SSSR count). The number of aryl methyl sites for hydroxylation is 1. The monoisotopic (exact) mass is 548 g/mol. The van der Waals surface area contributed by atoms with Crippen LogP contribution in [0.25, 0.3) is 11.1 Å². The molecule has 1 aromatic carbocycles. The maximum atomic E-state index is 13.9. The summed E-state index contributed by atoms with van der Waals surface area (Å²) in [7, 11) is -4.25. The number of aliphatic carboxylic acids is 1. The predicted molar refractivity (Wildman–Crippen MR) is 136 cm³/mol. The summed E-state index contributed by atoms with van der Waals surface area (Å²) in [5.41, 5.74) is -0.0692. The molecule has 1 unspecified atom stereocenters. The van der Waals surface area contributed by atoms with Crippen molar-refractivity contribution in [2.45, 2.75) is 43.7 Å². The molecule has 1 saturated heterocycles. The number of carboxylic acids is 1. The average Bonchev–Trinajstić information content (AvgIpc) is 2.88. The van der Waals surface area contributed by atoms with Crippen molar-refractivity contribution in [3.63, 3.8) is 0 Å². The highest BCUT2D eigenvalue weighted by molar-refractivity contribution is 7.92. The first kappa shape index (κ1) is 27.4. The lowest BCUT2D eigenvalue weighted by atomic mass is 9.94. The number of benzene rings is 1. The predicted octanol–water partition coefficient (Wildman–Crippen LogP) is 5.22. The molecule has 0 radical (unpaired) electrons. The minimum absolute atomic E-state index is 0.169. The molecule has 12 heteroatoms. The van der Waals surface area contributed by atoms with Gasteiger partial charge in [0.2, 0.25) is 0 Å². The van der Waals surface area contributed by atoms with Crippen LogP contribution in [0.1, 0.15) is 37.3 Å². The van der Waals surface area contributed by atoms with Crippen LogP contribution in [0.4, 0.5) is 24.8 Å². The molecule has 1 fully saturated rings. The fourth-order valence-corrected chi connectivity index (χ4v) is 5.56. The first-order chi connectivity index (χ1) is 18.0. The largest absolute Gasteiger partial charge is 0.481 e. The van der Waals surface area contributed by atoms with E-state index in [1.807, 2.05) is 6.92 Å². The topological polar surface area (TPSA) is 112 Å². The highest BCUT2D eigenvalue weighted by Gasteiger charge is 2.35. The number of pyridine rings is 2. The summed E-state index contributed by atoms with van der Waals surface area (Å²) < 4.78 is 70.2. The van der Waals surface area contributed by atoms with E-state index in [9.17, 15) is 31.5 Å². The van der Waals surface area contributed by atoms with Gasteiger partial charge in [-0.1, -0.05) is 37.6 Å². The molecule has 0 bridgehead atoms. The molecule has 8 nitrogen and oxygen atoms in total. The number of sulfonamides is 1. The number of nitrogens with zero attached hydrogens (tertiary/aromatic N) is 3. The van der Waals surface area contributed by atoms with Crippen LogP contribution in [0.5, 0.6) is 0 Å². The summed E-state index contributed by atoms with van der Waals surface area (Å²) in [4.78, 5) is 20.9. The number of hydrogen-bond donors (Lipinski definition) is 2. The molecule has 38 heavy (non-hydrogen) atoms. The smallest absolute Gasteiger partial charge is 0.418 e. The van der Waals surface area contributed by atoms with E-state index >= 15 is 0 Å². The molecule has 0 aliphatic carbocycles. The van der Waals surface area contributed by atoms with Gasteiger partial charge in [-0.2, -0.15) is 13.2 Å². The summed E-state index contributed by atoms with van der Waals surface area (Å²) in [5.74, 6) is -1.48. The van der Waals surface area contributed by atoms with Gasteiger partial charge in [-0.3, -0.25) is 9.52 Å². The molecular weight excluding hydrogens is 521 g/mol. The van der Waals surface area contributed by atoms with Crippen LogP contribution in [0, 0.1) is 5.92 Å². The number of aromatic nitrogens is 2. The second-order valence-corrected chi connectivity index (χ2v) is 10.8. The maximum absolute atomic E-state index is 13.9. The molecule has 3 heterocycles. The number of alkyl halides is 3. The Bertz CT molecular complexity index is 1430. The summed E-state index contributed by atoms with van der Waals surface area (Å²) in [6, 6.07) is 10.4. The number of anilines is 2. The Kier molecular flexibility index (Phi) is 7.91. The summed E-state index contributed by atoms with van der Waals surface area (Å²) in [6.07, 6.45) is -0.358. The maximum Gasteiger partial charge on any atom is 0.418 e. The van der Waals surface area contributed by atoms with Crippen molar-refractivity contribution in [3.8, 4) is 11.1 Å². The van der Waals surface area contributed by atoms with E-state index in [4.69, 9.17) is 0 Å². The van der Waals surface area contributed by atoms with Crippen molar-refractivity contribution < 1.29 is 31.5 Å². The molecule has 2 N–H and O–H groups in total. The van der Waals surface area contributed by atoms with Gasteiger partial charge in [-0.25, -0.2) is 18.4 Å². The van der Waals surface area contributed by atoms with Crippen molar-refractivity contribution in [3.05, 3.63) is 66.0 Å². The minimum atomic E-state index is -4.69. The fourth-order valence-electron chi connectivity index (χ4n) is 4.55. The number of hydrogen-bond acceptors (Lipinski definition) is 6. The number of nitrogens with one attached hydrogen (secondary N) is 1. The zero-order chi connectivity index (χ0) is 27.5. The molecule has 1 atom stereocenters. The van der Waals surface area contributed by atoms with E-state index in [0.717, 1.165) is 12.5 Å². The van der Waals surface area contributed by atoms with Gasteiger partial charge < -0.3 is 10.0 Å². The van der Waals surface area contributed by atoms with E-state index < -0.39 is 33.7 Å². The van der Waals surface area contributed by atoms with Crippen LogP contribution in [0.3, 0.4) is 0 Å². The molecule has 0 amide bonds. The Balaban J connectivity index is 1.67. The first-order valence-electron chi connectivity index (χ1n) is 12.1. The van der Waals surface area contributed by atoms with Crippen LogP contribution >= 0.6 is 0 Å². The third kappa shape index (κ3) is 6.07. The van der Waals surface area contributed by atoms with Gasteiger partial charge in [-0.15, -0.1) is 0 Å². The van der Waals surface area contributed by atoms with Gasteiger partial charge in [0, 0.05) is 31.5 Å². The zero-order valence-electron chi connectivity index (χ0n) is 20.6. The molecule has 1 aliphatic rings. The minimum Gasteiger partial charge on any atom is -0.481 e. The SMILES string of the molecule is CCCc1ccccc1-c1cc(NS(=O)(=O)c2ccnc(N3CCCC(C(=O)O)C3)c2)ncc1C(F)(F)F. The van der Waals surface area contributed by atoms with Gasteiger partial charge in [0.15, 0.2) is 0 Å². The van der Waals surface area contributed by atoms with E-state index in [2.05, 4.69) is 14.7 Å². The second kappa shape index (κ2) is 11.0. The molecule has 0 spiro atoms. The standard InChI is InChI=1S/C26H27F3N4O4S/c1-2-6-17-7-3-4-9-20(17)21-14-23(31-15-22(21)26(27,28)29)32-38(36,37)19-10-11-30-24(13-19)33-12-5-8-18(16-33)25(34)35/h3-4,7,9-11,13-15,18H,2,5-6,8,12,16H2,1H3,(H,31,32)(H,34,35). The van der Waals surface area contributed by atoms with Crippen molar-refractivity contribution in [2.75, 3.05) is 22.7 Å². The quantitative estimate of drug-likeness (QED) is 0.397. The second-order valence-electron chi connectivity index (χ2n) is 9.10. The third-order valence-corrected chi connectivity index (χ3v) is 7.75. The number of carbonyl (C=O) groups is 1. The van der Waals surface area contributed by atoms with Gasteiger partial charge in [0.1, 0.15) is 11.6 Å². The van der Waals surface area contributed by atoms with Crippen molar-refractivity contribution in [1.29, 1.82) is 0 Å². The van der Waals surface area contributed by atoms with Crippen LogP contribution < -0.4 is 9.62 Å². The zero-order valence-corrected chi connectivity index (χ0v) is 21.4. The molecule has 202 valence electrons. The lowest BCUT2D eigenvalue weighted by Crippen LogP contribution is -2.39. The lowest BCUT2D eigenvalue weighted by molar-refractivity contribution is -0.142. The fraction of sp³-hybridized carbons (Fsp3) is 0.346. The Morgan fingerprint density at radius 2 is 1.92 bits per heavy atom. The van der Waals surface area contributed by atoms with E-state index in [0.29, 0.717) is 48.9 Å². The normalized spacial score (nSPS) is 16.3. The Morgan fingerprint density at radius 3 is 2.63 bits per heavy atom. The van der Waals surface area contributed by atoms with Gasteiger partial charge in [-0.05, 0) is 48.1 Å². The molecule has 2 aromatic heterocycles. The van der Waals surface area contributed by atoms with Crippen LogP contribution in [0.2, 0.25) is 0 Å².